The van der Waals surface area contributed by atoms with Crippen LogP contribution in [-0.2, 0) is 17.9 Å². The summed E-state index contributed by atoms with van der Waals surface area (Å²) >= 11 is 6.90. The first kappa shape index (κ1) is 28.1. The predicted molar refractivity (Wildman–Crippen MR) is 160 cm³/mol. The number of unbranched alkanes of at least 4 members (excludes halogenated alkanes) is 1. The fraction of sp³-hybridized carbons (Fsp3) is 0.467. The Morgan fingerprint density at radius 3 is 2.39 bits per heavy atom. The first-order valence-corrected chi connectivity index (χ1v) is 14.6. The zero-order valence-electron chi connectivity index (χ0n) is 22.9. The molecule has 0 aliphatic carbocycles. The Morgan fingerprint density at radius 2 is 1.79 bits per heavy atom. The van der Waals surface area contributed by atoms with Gasteiger partial charge in [0.15, 0.2) is 0 Å². The molecule has 2 aliphatic rings. The second kappa shape index (κ2) is 11.9. The Balaban J connectivity index is 1.83. The third-order valence-electron chi connectivity index (χ3n) is 7.36. The number of piperidine rings is 1. The number of thiocarbonyl (C=S) groups is 1. The number of anilines is 1. The zero-order chi connectivity index (χ0) is 27.6. The van der Waals surface area contributed by atoms with Gasteiger partial charge in [0.05, 0.1) is 11.4 Å². The molecule has 2 unspecified atom stereocenters. The van der Waals surface area contributed by atoms with E-state index in [0.29, 0.717) is 39.7 Å². The Kier molecular flexibility index (Phi) is 8.79. The van der Waals surface area contributed by atoms with E-state index in [2.05, 4.69) is 31.7 Å². The summed E-state index contributed by atoms with van der Waals surface area (Å²) in [5.41, 5.74) is 3.47. The molecule has 1 aromatic heterocycles. The van der Waals surface area contributed by atoms with Gasteiger partial charge in [-0.2, -0.15) is 5.26 Å². The van der Waals surface area contributed by atoms with Crippen LogP contribution in [0.25, 0.3) is 6.08 Å². The van der Waals surface area contributed by atoms with Gasteiger partial charge in [0.25, 0.3) is 11.5 Å². The lowest BCUT2D eigenvalue weighted by Gasteiger charge is -2.39. The molecule has 0 spiro atoms. The first-order chi connectivity index (χ1) is 18.1. The van der Waals surface area contributed by atoms with Gasteiger partial charge in [-0.05, 0) is 55.7 Å². The number of aromatic nitrogens is 1. The number of aryl methyl sites for hydroxylation is 1. The monoisotopic (exact) mass is 548 g/mol. The zero-order valence-corrected chi connectivity index (χ0v) is 24.5. The summed E-state index contributed by atoms with van der Waals surface area (Å²) in [5.74, 6) is 1.63. The molecule has 2 fully saturated rings. The highest BCUT2D eigenvalue weighted by molar-refractivity contribution is 8.26. The van der Waals surface area contributed by atoms with Crippen molar-refractivity contribution in [3.8, 4) is 6.07 Å². The van der Waals surface area contributed by atoms with Crippen LogP contribution in [0.15, 0.2) is 34.0 Å². The number of thioether (sulfide) groups is 1. The molecule has 3 heterocycles. The number of carbonyl (C=O) groups is 1. The molecule has 2 atom stereocenters. The van der Waals surface area contributed by atoms with Crippen LogP contribution in [0, 0.1) is 37.0 Å². The average molecular weight is 549 g/mol. The van der Waals surface area contributed by atoms with Crippen molar-refractivity contribution in [2.75, 3.05) is 18.0 Å². The average Bonchev–Trinajstić information content (AvgIpc) is 3.13. The van der Waals surface area contributed by atoms with Crippen LogP contribution >= 0.6 is 24.0 Å². The summed E-state index contributed by atoms with van der Waals surface area (Å²) in [5, 5.41) is 9.94. The van der Waals surface area contributed by atoms with Crippen molar-refractivity contribution in [1.82, 2.24) is 9.47 Å². The lowest BCUT2D eigenvalue weighted by molar-refractivity contribution is -0.122. The molecule has 8 heteroatoms. The maximum atomic E-state index is 13.6. The molecule has 2 aliphatic heterocycles. The van der Waals surface area contributed by atoms with Crippen molar-refractivity contribution < 1.29 is 4.79 Å². The van der Waals surface area contributed by atoms with Crippen LogP contribution in [0.3, 0.4) is 0 Å². The maximum absolute atomic E-state index is 13.6. The second-order valence-corrected chi connectivity index (χ2v) is 12.4. The first-order valence-electron chi connectivity index (χ1n) is 13.4. The fourth-order valence-corrected chi connectivity index (χ4v) is 6.72. The lowest BCUT2D eigenvalue weighted by Crippen LogP contribution is -2.43. The molecular formula is C30H36N4O2S2. The van der Waals surface area contributed by atoms with Crippen LogP contribution in [-0.4, -0.2) is 32.8 Å². The fourth-order valence-electron chi connectivity index (χ4n) is 5.49. The summed E-state index contributed by atoms with van der Waals surface area (Å²) in [6, 6.07) is 10.2. The molecule has 6 nitrogen and oxygen atoms in total. The van der Waals surface area contributed by atoms with Crippen molar-refractivity contribution in [2.24, 2.45) is 11.8 Å². The lowest BCUT2D eigenvalue weighted by atomic mass is 9.91. The number of nitrogens with zero attached hydrogens (tertiary/aromatic N) is 4. The van der Waals surface area contributed by atoms with E-state index in [9.17, 15) is 14.9 Å². The molecule has 2 saturated heterocycles. The van der Waals surface area contributed by atoms with E-state index in [1.54, 1.807) is 9.47 Å². The summed E-state index contributed by atoms with van der Waals surface area (Å²) in [7, 11) is 0. The molecule has 38 heavy (non-hydrogen) atoms. The highest BCUT2D eigenvalue weighted by Gasteiger charge is 2.34. The van der Waals surface area contributed by atoms with E-state index in [0.717, 1.165) is 54.9 Å². The Morgan fingerprint density at radius 1 is 1.13 bits per heavy atom. The summed E-state index contributed by atoms with van der Waals surface area (Å²) in [4.78, 5) is 31.6. The van der Waals surface area contributed by atoms with E-state index in [1.165, 1.54) is 11.8 Å². The molecule has 1 aromatic carbocycles. The minimum atomic E-state index is -0.247. The highest BCUT2D eigenvalue weighted by Crippen LogP contribution is 2.38. The van der Waals surface area contributed by atoms with E-state index in [-0.39, 0.29) is 17.0 Å². The van der Waals surface area contributed by atoms with Crippen LogP contribution in [0.2, 0.25) is 0 Å². The van der Waals surface area contributed by atoms with Crippen molar-refractivity contribution in [2.45, 2.75) is 67.0 Å². The van der Waals surface area contributed by atoms with Crippen molar-refractivity contribution >= 4 is 46.1 Å². The van der Waals surface area contributed by atoms with Gasteiger partial charge >= 0.3 is 0 Å². The number of nitriles is 1. The Bertz CT molecular complexity index is 1360. The van der Waals surface area contributed by atoms with Crippen LogP contribution < -0.4 is 10.5 Å². The highest BCUT2D eigenvalue weighted by atomic mass is 32.2. The van der Waals surface area contributed by atoms with Crippen molar-refractivity contribution in [3.63, 3.8) is 0 Å². The van der Waals surface area contributed by atoms with Gasteiger partial charge in [0.2, 0.25) is 0 Å². The molecule has 0 N–H and O–H groups in total. The number of hydrogen-bond donors (Lipinski definition) is 0. The molecule has 2 aromatic rings. The Hall–Kier alpha value is -2.89. The van der Waals surface area contributed by atoms with Crippen LogP contribution in [0.4, 0.5) is 5.82 Å². The van der Waals surface area contributed by atoms with Gasteiger partial charge in [-0.3, -0.25) is 19.1 Å². The van der Waals surface area contributed by atoms with Gasteiger partial charge in [-0.25, -0.2) is 0 Å². The quantitative estimate of drug-likeness (QED) is 0.311. The van der Waals surface area contributed by atoms with Gasteiger partial charge in [0.1, 0.15) is 21.8 Å². The topological polar surface area (TPSA) is 69.3 Å². The van der Waals surface area contributed by atoms with Crippen molar-refractivity contribution in [1.29, 1.82) is 5.26 Å². The number of benzene rings is 1. The normalized spacial score (nSPS) is 20.9. The maximum Gasteiger partial charge on any atom is 0.270 e. The number of hydrogen-bond acceptors (Lipinski definition) is 6. The van der Waals surface area contributed by atoms with Gasteiger partial charge in [0, 0.05) is 25.2 Å². The number of amides is 1. The third-order valence-corrected chi connectivity index (χ3v) is 8.74. The second-order valence-electron chi connectivity index (χ2n) is 10.8. The number of pyridine rings is 1. The summed E-state index contributed by atoms with van der Waals surface area (Å²) in [6.45, 7) is 13.0. The van der Waals surface area contributed by atoms with Crippen molar-refractivity contribution in [3.05, 3.63) is 67.3 Å². The Labute approximate surface area is 235 Å². The third kappa shape index (κ3) is 5.74. The molecule has 1 amide bonds. The van der Waals surface area contributed by atoms with E-state index < -0.39 is 0 Å². The predicted octanol–water partition coefficient (Wildman–Crippen LogP) is 6.02. The van der Waals surface area contributed by atoms with Crippen LogP contribution in [0.1, 0.15) is 67.9 Å². The van der Waals surface area contributed by atoms with Gasteiger partial charge in [-0.15, -0.1) is 0 Å². The number of rotatable bonds is 7. The molecule has 4 rings (SSSR count). The minimum absolute atomic E-state index is 0.142. The van der Waals surface area contributed by atoms with Crippen LogP contribution in [0.5, 0.6) is 0 Å². The minimum Gasteiger partial charge on any atom is -0.357 e. The summed E-state index contributed by atoms with van der Waals surface area (Å²) in [6.07, 6.45) is 4.77. The smallest absolute Gasteiger partial charge is 0.270 e. The van der Waals surface area contributed by atoms with E-state index in [4.69, 9.17) is 12.2 Å². The van der Waals surface area contributed by atoms with Gasteiger partial charge < -0.3 is 4.90 Å². The van der Waals surface area contributed by atoms with E-state index in [1.807, 2.05) is 44.2 Å². The molecule has 0 saturated carbocycles. The standard InChI is InChI=1S/C30H36N4O2S2/c1-6-7-12-33-27(32-16-20(3)13-21(4)17-32)24(22(5)25(15-31)28(33)35)14-26-29(36)34(30(37)38-26)18-23-10-8-19(2)9-11-23/h8-11,14,20-21H,6-7,12-13,16-18H2,1-5H3. The number of carbonyl (C=O) groups excluding carboxylic acids is 1. The molecular weight excluding hydrogens is 512 g/mol. The molecule has 200 valence electrons. The summed E-state index contributed by atoms with van der Waals surface area (Å²) < 4.78 is 2.29. The largest absolute Gasteiger partial charge is 0.357 e. The molecule has 0 bridgehead atoms. The SMILES string of the molecule is CCCCn1c(N2CC(C)CC(C)C2)c(C=C2SC(=S)N(Cc3ccc(C)cc3)C2=O)c(C)c(C#N)c1=O. The van der Waals surface area contributed by atoms with Gasteiger partial charge in [-0.1, -0.05) is 81.0 Å². The van der Waals surface area contributed by atoms with E-state index >= 15 is 0 Å². The molecule has 0 radical (unpaired) electrons.